The van der Waals surface area contributed by atoms with Crippen molar-refractivity contribution in [2.75, 3.05) is 40.9 Å². The first kappa shape index (κ1) is 24.6. The minimum atomic E-state index is -4.26. The topological polar surface area (TPSA) is 192 Å². The number of rotatable bonds is 6. The van der Waals surface area contributed by atoms with E-state index in [1.807, 2.05) is 26.1 Å². The monoisotopic (exact) mass is 428 g/mol. The molecule has 1 aliphatic heterocycles. The van der Waals surface area contributed by atoms with E-state index < -0.39 is 50.2 Å². The van der Waals surface area contributed by atoms with Crippen LogP contribution in [0.15, 0.2) is 21.9 Å². The first-order valence-electron chi connectivity index (χ1n) is 8.19. The van der Waals surface area contributed by atoms with Gasteiger partial charge in [-0.2, -0.15) is 0 Å². The van der Waals surface area contributed by atoms with Crippen molar-refractivity contribution < 1.29 is 43.4 Å². The molecular formula is C14H27N3O10P+. The van der Waals surface area contributed by atoms with Gasteiger partial charge in [0.15, 0.2) is 6.23 Å². The standard InChI is InChI=1S/C9H12N2O6.C5H14NO4P/c12-3-4-6(14)7(15)8(17-4)11-2-1-5(13)10-9(11)16;1-6(2,3)4-5-10-11(7,8)9/h1-2,4,6-8,12,14-15H,3H2,(H,10,13,16);4-5H2,1-3H3,(H-,7,8,9)/p+1/t4-,6-,7-,8-;/m1./s1. The second-order valence-corrected chi connectivity index (χ2v) is 8.32. The zero-order valence-corrected chi connectivity index (χ0v) is 16.6. The number of aliphatic hydroxyl groups is 3. The maximum absolute atomic E-state index is 11.4. The van der Waals surface area contributed by atoms with Crippen LogP contribution in [0.4, 0.5) is 0 Å². The van der Waals surface area contributed by atoms with E-state index in [9.17, 15) is 24.4 Å². The maximum Gasteiger partial charge on any atom is 0.469 e. The Morgan fingerprint density at radius 3 is 2.29 bits per heavy atom. The van der Waals surface area contributed by atoms with Crippen molar-refractivity contribution in [3.63, 3.8) is 0 Å². The van der Waals surface area contributed by atoms with Gasteiger partial charge < -0.3 is 34.3 Å². The number of phosphoric acid groups is 1. The molecule has 0 spiro atoms. The summed E-state index contributed by atoms with van der Waals surface area (Å²) in [6.07, 6.45) is -3.58. The van der Waals surface area contributed by atoms with Crippen LogP contribution in [0.5, 0.6) is 0 Å². The van der Waals surface area contributed by atoms with E-state index in [0.29, 0.717) is 11.0 Å². The predicted molar refractivity (Wildman–Crippen MR) is 95.2 cm³/mol. The Morgan fingerprint density at radius 1 is 1.25 bits per heavy atom. The van der Waals surface area contributed by atoms with Crippen LogP contribution in [0.25, 0.3) is 0 Å². The molecule has 1 fully saturated rings. The van der Waals surface area contributed by atoms with Crippen molar-refractivity contribution >= 4 is 7.82 Å². The molecule has 13 nitrogen and oxygen atoms in total. The lowest BCUT2D eigenvalue weighted by molar-refractivity contribution is -0.870. The Morgan fingerprint density at radius 2 is 1.86 bits per heavy atom. The molecule has 0 radical (unpaired) electrons. The number of aromatic amines is 1. The smallest absolute Gasteiger partial charge is 0.394 e. The first-order chi connectivity index (χ1) is 12.7. The number of quaternary nitrogens is 1. The molecule has 1 aliphatic rings. The minimum Gasteiger partial charge on any atom is -0.394 e. The number of hydrogen-bond acceptors (Lipinski definition) is 8. The van der Waals surface area contributed by atoms with Crippen LogP contribution < -0.4 is 11.2 Å². The van der Waals surface area contributed by atoms with Crippen molar-refractivity contribution in [1.82, 2.24) is 9.55 Å². The predicted octanol–water partition coefficient (Wildman–Crippen LogP) is -3.05. The molecule has 162 valence electrons. The SMILES string of the molecule is C[N+](C)(C)CCOP(=O)(O)O.O=c1ccn([C@@H]2O[C@H](CO)[C@@H](O)[C@H]2O)c(=O)[nH]1. The number of aliphatic hydroxyl groups excluding tert-OH is 3. The van der Waals surface area contributed by atoms with Crippen LogP contribution in [0.1, 0.15) is 6.23 Å². The van der Waals surface area contributed by atoms with Gasteiger partial charge >= 0.3 is 13.5 Å². The lowest BCUT2D eigenvalue weighted by Gasteiger charge is -2.23. The highest BCUT2D eigenvalue weighted by atomic mass is 31.2. The third-order valence-corrected chi connectivity index (χ3v) is 4.18. The van der Waals surface area contributed by atoms with Gasteiger partial charge in [-0.1, -0.05) is 0 Å². The molecule has 0 bridgehead atoms. The fraction of sp³-hybridized carbons (Fsp3) is 0.714. The molecule has 4 atom stereocenters. The molecule has 1 saturated heterocycles. The Balaban J connectivity index is 0.000000311. The molecule has 0 aliphatic carbocycles. The molecule has 0 saturated carbocycles. The number of hydrogen-bond donors (Lipinski definition) is 6. The zero-order valence-electron chi connectivity index (χ0n) is 15.7. The Kier molecular flexibility index (Phi) is 8.68. The first-order valence-corrected chi connectivity index (χ1v) is 9.72. The van der Waals surface area contributed by atoms with Crippen molar-refractivity contribution in [1.29, 1.82) is 0 Å². The van der Waals surface area contributed by atoms with Gasteiger partial charge in [0, 0.05) is 12.3 Å². The van der Waals surface area contributed by atoms with Crippen molar-refractivity contribution in [2.45, 2.75) is 24.5 Å². The van der Waals surface area contributed by atoms with E-state index in [-0.39, 0.29) is 6.61 Å². The number of nitrogens with one attached hydrogen (secondary N) is 1. The molecule has 14 heteroatoms. The normalized spacial score (nSPS) is 25.3. The number of likely N-dealkylation sites (N-methyl/N-ethyl adjacent to an activating group) is 1. The lowest BCUT2D eigenvalue weighted by atomic mass is 10.1. The minimum absolute atomic E-state index is 0.0772. The Labute approximate surface area is 160 Å². The highest BCUT2D eigenvalue weighted by molar-refractivity contribution is 7.46. The highest BCUT2D eigenvalue weighted by Crippen LogP contribution is 2.35. The fourth-order valence-electron chi connectivity index (χ4n) is 2.17. The largest absolute Gasteiger partial charge is 0.469 e. The fourth-order valence-corrected chi connectivity index (χ4v) is 2.49. The maximum atomic E-state index is 11.4. The Bertz CT molecular complexity index is 783. The van der Waals surface area contributed by atoms with Gasteiger partial charge in [0.2, 0.25) is 0 Å². The summed E-state index contributed by atoms with van der Waals surface area (Å²) in [6, 6.07) is 1.09. The van der Waals surface area contributed by atoms with Gasteiger partial charge in [-0.15, -0.1) is 0 Å². The molecule has 0 amide bonds. The van der Waals surface area contributed by atoms with Crippen molar-refractivity contribution in [2.24, 2.45) is 0 Å². The van der Waals surface area contributed by atoms with E-state index in [1.165, 1.54) is 0 Å². The highest BCUT2D eigenvalue weighted by Gasteiger charge is 2.43. The second kappa shape index (κ2) is 9.87. The van der Waals surface area contributed by atoms with Crippen molar-refractivity contribution in [3.8, 4) is 0 Å². The average Bonchev–Trinajstić information content (AvgIpc) is 2.81. The summed E-state index contributed by atoms with van der Waals surface area (Å²) >= 11 is 0. The van der Waals surface area contributed by atoms with Gasteiger partial charge in [0.1, 0.15) is 31.5 Å². The average molecular weight is 428 g/mol. The third-order valence-electron chi connectivity index (χ3n) is 3.66. The molecule has 6 N–H and O–H groups in total. The molecule has 1 aromatic rings. The summed E-state index contributed by atoms with van der Waals surface area (Å²) in [5.41, 5.74) is -1.33. The van der Waals surface area contributed by atoms with E-state index in [2.05, 4.69) is 4.52 Å². The Hall–Kier alpha value is -1.41. The molecule has 0 aromatic carbocycles. The van der Waals surface area contributed by atoms with E-state index in [4.69, 9.17) is 19.6 Å². The van der Waals surface area contributed by atoms with Gasteiger partial charge in [-0.3, -0.25) is 18.9 Å². The van der Waals surface area contributed by atoms with Gasteiger partial charge in [0.05, 0.1) is 27.7 Å². The summed E-state index contributed by atoms with van der Waals surface area (Å²) in [6.45, 7) is 0.172. The number of phosphoric ester groups is 1. The second-order valence-electron chi connectivity index (χ2n) is 7.08. The van der Waals surface area contributed by atoms with Gasteiger partial charge in [-0.25, -0.2) is 9.36 Å². The van der Waals surface area contributed by atoms with Crippen LogP contribution in [-0.2, 0) is 13.8 Å². The number of aromatic nitrogens is 2. The summed E-state index contributed by atoms with van der Waals surface area (Å²) in [5, 5.41) is 28.1. The zero-order chi connectivity index (χ0) is 21.7. The molecule has 2 heterocycles. The van der Waals surface area contributed by atoms with Gasteiger partial charge in [-0.05, 0) is 0 Å². The quantitative estimate of drug-likeness (QED) is 0.200. The molecule has 2 rings (SSSR count). The van der Waals surface area contributed by atoms with Crippen LogP contribution in [-0.4, -0.2) is 98.4 Å². The summed E-state index contributed by atoms with van der Waals surface area (Å²) in [5.74, 6) is 0. The molecule has 28 heavy (non-hydrogen) atoms. The summed E-state index contributed by atoms with van der Waals surface area (Å²) < 4.78 is 21.1. The van der Waals surface area contributed by atoms with E-state index in [1.54, 1.807) is 0 Å². The van der Waals surface area contributed by atoms with Crippen LogP contribution in [0.2, 0.25) is 0 Å². The van der Waals surface area contributed by atoms with Crippen molar-refractivity contribution in [3.05, 3.63) is 33.1 Å². The van der Waals surface area contributed by atoms with Crippen LogP contribution in [0.3, 0.4) is 0 Å². The van der Waals surface area contributed by atoms with Gasteiger partial charge in [0.25, 0.3) is 5.56 Å². The third kappa shape index (κ3) is 7.91. The molecule has 0 unspecified atom stereocenters. The van der Waals surface area contributed by atoms with Crippen LogP contribution in [0, 0.1) is 0 Å². The van der Waals surface area contributed by atoms with E-state index in [0.717, 1.165) is 16.8 Å². The molecule has 1 aromatic heterocycles. The number of nitrogens with zero attached hydrogens (tertiary/aromatic N) is 2. The summed E-state index contributed by atoms with van der Waals surface area (Å²) in [7, 11) is 1.50. The lowest BCUT2D eigenvalue weighted by Crippen LogP contribution is -2.37. The number of ether oxygens (including phenoxy) is 1. The summed E-state index contributed by atoms with van der Waals surface area (Å²) in [4.78, 5) is 40.9. The number of H-pyrrole nitrogens is 1. The molecular weight excluding hydrogens is 401 g/mol. The van der Waals surface area contributed by atoms with E-state index >= 15 is 0 Å². The van der Waals surface area contributed by atoms with Crippen LogP contribution >= 0.6 is 7.82 Å².